The molecule has 0 unspecified atom stereocenters. The molecular formula is C29H37N3O3S. The van der Waals surface area contributed by atoms with Gasteiger partial charge in [-0.1, -0.05) is 58.0 Å². The zero-order valence-corrected chi connectivity index (χ0v) is 22.9. The Morgan fingerprint density at radius 1 is 1.06 bits per heavy atom. The Morgan fingerprint density at radius 3 is 2.33 bits per heavy atom. The largest absolute Gasteiger partial charge is 0.488 e. The minimum absolute atomic E-state index is 0.229. The average molecular weight is 508 g/mol. The molecule has 0 radical (unpaired) electrons. The van der Waals surface area contributed by atoms with Gasteiger partial charge in [-0.05, 0) is 72.9 Å². The van der Waals surface area contributed by atoms with Gasteiger partial charge in [0.1, 0.15) is 12.4 Å². The summed E-state index contributed by atoms with van der Waals surface area (Å²) < 4.78 is 7.83. The number of benzene rings is 2. The van der Waals surface area contributed by atoms with Crippen molar-refractivity contribution in [3.63, 3.8) is 0 Å². The number of anilines is 1. The van der Waals surface area contributed by atoms with Gasteiger partial charge in [0, 0.05) is 17.7 Å². The third-order valence-corrected chi connectivity index (χ3v) is 7.95. The first kappa shape index (κ1) is 26.5. The van der Waals surface area contributed by atoms with E-state index in [4.69, 9.17) is 14.7 Å². The fourth-order valence-corrected chi connectivity index (χ4v) is 5.67. The molecule has 0 spiro atoms. The van der Waals surface area contributed by atoms with E-state index in [1.54, 1.807) is 0 Å². The molecule has 2 aromatic carbocycles. The number of ether oxygens (including phenoxy) is 1. The second kappa shape index (κ2) is 10.8. The number of rotatable bonds is 8. The summed E-state index contributed by atoms with van der Waals surface area (Å²) in [5, 5.41) is 21.5. The quantitative estimate of drug-likeness (QED) is 0.282. The maximum absolute atomic E-state index is 10.8. The van der Waals surface area contributed by atoms with Gasteiger partial charge in [0.15, 0.2) is 11.6 Å². The zero-order valence-electron chi connectivity index (χ0n) is 22.1. The van der Waals surface area contributed by atoms with Crippen molar-refractivity contribution in [3.8, 4) is 17.1 Å². The minimum atomic E-state index is -1.98. The van der Waals surface area contributed by atoms with Crippen LogP contribution in [0.15, 0.2) is 36.4 Å². The third kappa shape index (κ3) is 5.24. The molecule has 6 nitrogen and oxygen atoms in total. The Bertz CT molecular complexity index is 1220. The van der Waals surface area contributed by atoms with Crippen molar-refractivity contribution in [1.29, 1.82) is 0 Å². The van der Waals surface area contributed by atoms with Crippen molar-refractivity contribution >= 4 is 17.8 Å². The molecule has 0 aliphatic carbocycles. The average Bonchev–Trinajstić information content (AvgIpc) is 3.21. The Kier molecular flexibility index (Phi) is 7.93. The normalized spacial score (nSPS) is 15.1. The van der Waals surface area contributed by atoms with Crippen LogP contribution in [0.4, 0.5) is 5.82 Å². The van der Waals surface area contributed by atoms with Gasteiger partial charge in [-0.15, -0.1) is 0 Å². The maximum atomic E-state index is 10.8. The van der Waals surface area contributed by atoms with Crippen LogP contribution in [-0.2, 0) is 19.4 Å². The molecule has 1 aromatic heterocycles. The second-order valence-corrected chi connectivity index (χ2v) is 10.7. The van der Waals surface area contributed by atoms with Crippen molar-refractivity contribution < 1.29 is 14.9 Å². The van der Waals surface area contributed by atoms with E-state index in [0.29, 0.717) is 23.3 Å². The van der Waals surface area contributed by atoms with Crippen molar-refractivity contribution in [2.24, 2.45) is 0 Å². The van der Waals surface area contributed by atoms with Crippen molar-refractivity contribution in [1.82, 2.24) is 9.97 Å². The van der Waals surface area contributed by atoms with Gasteiger partial charge in [-0.3, -0.25) is 0 Å². The van der Waals surface area contributed by atoms with E-state index < -0.39 is 5.91 Å². The molecular weight excluding hydrogens is 470 g/mol. The highest BCUT2D eigenvalue weighted by molar-refractivity contribution is 8.00. The molecule has 36 heavy (non-hydrogen) atoms. The number of hydrogen-bond acceptors (Lipinski definition) is 7. The summed E-state index contributed by atoms with van der Waals surface area (Å²) in [6.45, 7) is 12.8. The highest BCUT2D eigenvalue weighted by Gasteiger charge is 2.41. The van der Waals surface area contributed by atoms with Crippen LogP contribution in [-0.4, -0.2) is 31.8 Å². The highest BCUT2D eigenvalue weighted by Crippen LogP contribution is 2.41. The second-order valence-electron chi connectivity index (χ2n) is 9.71. The van der Waals surface area contributed by atoms with E-state index in [2.05, 4.69) is 64.1 Å². The molecule has 1 aliphatic rings. The molecule has 0 saturated carbocycles. The van der Waals surface area contributed by atoms with Crippen molar-refractivity contribution in [2.75, 3.05) is 10.1 Å². The lowest BCUT2D eigenvalue weighted by atomic mass is 9.96. The van der Waals surface area contributed by atoms with Crippen LogP contribution in [0.5, 0.6) is 5.75 Å². The van der Waals surface area contributed by atoms with Crippen LogP contribution in [0.1, 0.15) is 73.5 Å². The van der Waals surface area contributed by atoms with Crippen LogP contribution >= 0.6 is 11.9 Å². The Labute approximate surface area is 218 Å². The molecule has 0 amide bonds. The Morgan fingerprint density at radius 2 is 1.75 bits per heavy atom. The summed E-state index contributed by atoms with van der Waals surface area (Å²) >= 11 is 1.37. The van der Waals surface area contributed by atoms with Gasteiger partial charge in [-0.2, -0.15) is 0 Å². The molecule has 3 aromatic rings. The lowest BCUT2D eigenvalue weighted by Crippen LogP contribution is -2.41. The SMILES string of the molecule is CCc1cccc(CC)c1-c1nc(C)c(COc2cc(C(C)C)ccc2C)c(N2SCCC2(O)O)n1. The van der Waals surface area contributed by atoms with Crippen LogP contribution in [0.25, 0.3) is 11.4 Å². The predicted octanol–water partition coefficient (Wildman–Crippen LogP) is 6.08. The van der Waals surface area contributed by atoms with Gasteiger partial charge < -0.3 is 14.9 Å². The van der Waals surface area contributed by atoms with E-state index in [1.165, 1.54) is 32.9 Å². The standard InChI is InChI=1S/C29H37N3O3S/c1-7-21-10-9-11-22(8-2)26(21)27-30-20(6)24(28(31-27)32-29(33,34)14-15-36-32)17-35-25-16-23(18(3)4)13-12-19(25)5/h9-13,16,18,33-34H,7-8,14-15,17H2,1-6H3. The molecule has 7 heteroatoms. The van der Waals surface area contributed by atoms with Gasteiger partial charge in [0.2, 0.25) is 0 Å². The maximum Gasteiger partial charge on any atom is 0.258 e. The summed E-state index contributed by atoms with van der Waals surface area (Å²) in [5.74, 6) is 0.922. The van der Waals surface area contributed by atoms with Crippen molar-refractivity contribution in [3.05, 3.63) is 69.9 Å². The van der Waals surface area contributed by atoms with E-state index in [9.17, 15) is 10.2 Å². The van der Waals surface area contributed by atoms with E-state index >= 15 is 0 Å². The van der Waals surface area contributed by atoms with Crippen molar-refractivity contribution in [2.45, 2.75) is 79.2 Å². The number of aryl methyl sites for hydroxylation is 4. The molecule has 1 saturated heterocycles. The summed E-state index contributed by atoms with van der Waals surface area (Å²) in [5.41, 5.74) is 7.17. The molecule has 2 heterocycles. The predicted molar refractivity (Wildman–Crippen MR) is 147 cm³/mol. The summed E-state index contributed by atoms with van der Waals surface area (Å²) in [6.07, 6.45) is 1.96. The van der Waals surface area contributed by atoms with Gasteiger partial charge in [-0.25, -0.2) is 14.3 Å². The van der Waals surface area contributed by atoms with Gasteiger partial charge in [0.05, 0.1) is 11.3 Å². The number of aliphatic hydroxyl groups is 2. The van der Waals surface area contributed by atoms with Crippen LogP contribution in [0, 0.1) is 13.8 Å². The molecule has 2 N–H and O–H groups in total. The summed E-state index contributed by atoms with van der Waals surface area (Å²) in [6, 6.07) is 12.6. The van der Waals surface area contributed by atoms with Crippen LogP contribution in [0.2, 0.25) is 0 Å². The van der Waals surface area contributed by atoms with Gasteiger partial charge in [0.25, 0.3) is 5.91 Å². The van der Waals surface area contributed by atoms with Gasteiger partial charge >= 0.3 is 0 Å². The first-order chi connectivity index (χ1) is 17.2. The van der Waals surface area contributed by atoms with Crippen LogP contribution < -0.4 is 9.04 Å². The van der Waals surface area contributed by atoms with E-state index in [0.717, 1.165) is 41.0 Å². The third-order valence-electron chi connectivity index (χ3n) is 6.84. The molecule has 192 valence electrons. The van der Waals surface area contributed by atoms with E-state index in [-0.39, 0.29) is 13.0 Å². The zero-order chi connectivity index (χ0) is 26.0. The lowest BCUT2D eigenvalue weighted by molar-refractivity contribution is -0.144. The molecule has 1 aliphatic heterocycles. The highest BCUT2D eigenvalue weighted by atomic mass is 32.2. The Balaban J connectivity index is 1.82. The molecule has 0 atom stereocenters. The summed E-state index contributed by atoms with van der Waals surface area (Å²) in [4.78, 5) is 9.90. The van der Waals surface area contributed by atoms with Crippen LogP contribution in [0.3, 0.4) is 0 Å². The number of nitrogens with zero attached hydrogens (tertiary/aromatic N) is 3. The fourth-order valence-electron chi connectivity index (χ4n) is 4.55. The van der Waals surface area contributed by atoms with E-state index in [1.807, 2.05) is 13.8 Å². The first-order valence-electron chi connectivity index (χ1n) is 12.8. The first-order valence-corrected chi connectivity index (χ1v) is 13.7. The molecule has 4 rings (SSSR count). The smallest absolute Gasteiger partial charge is 0.258 e. The minimum Gasteiger partial charge on any atom is -0.488 e. The topological polar surface area (TPSA) is 78.7 Å². The summed E-state index contributed by atoms with van der Waals surface area (Å²) in [7, 11) is 0. The molecule has 0 bridgehead atoms. The lowest BCUT2D eigenvalue weighted by Gasteiger charge is -2.30. The monoisotopic (exact) mass is 507 g/mol. The fraction of sp³-hybridized carbons (Fsp3) is 0.448. The Hall–Kier alpha value is -2.61. The number of aromatic nitrogens is 2. The number of hydrogen-bond donors (Lipinski definition) is 2. The molecule has 1 fully saturated rings.